The fourth-order valence-electron chi connectivity index (χ4n) is 3.34. The molecule has 0 aliphatic carbocycles. The van der Waals surface area contributed by atoms with E-state index in [0.29, 0.717) is 29.5 Å². The normalized spacial score (nSPS) is 13.8. The summed E-state index contributed by atoms with van der Waals surface area (Å²) in [7, 11) is -3.31. The Labute approximate surface area is 179 Å². The van der Waals surface area contributed by atoms with Gasteiger partial charge in [0.05, 0.1) is 26.9 Å². The van der Waals surface area contributed by atoms with Crippen LogP contribution in [-0.2, 0) is 9.84 Å². The minimum Gasteiger partial charge on any atom is -0.485 e. The maximum absolute atomic E-state index is 12.4. The first-order valence-electron chi connectivity index (χ1n) is 9.51. The van der Waals surface area contributed by atoms with E-state index in [2.05, 4.69) is 9.97 Å². The van der Waals surface area contributed by atoms with E-state index >= 15 is 0 Å². The highest BCUT2D eigenvalue weighted by Crippen LogP contribution is 2.47. The Morgan fingerprint density at radius 1 is 1.17 bits per heavy atom. The lowest BCUT2D eigenvalue weighted by Crippen LogP contribution is -2.14. The van der Waals surface area contributed by atoms with Crippen LogP contribution in [0.2, 0.25) is 0 Å². The van der Waals surface area contributed by atoms with E-state index in [1.807, 2.05) is 11.6 Å². The van der Waals surface area contributed by atoms with Gasteiger partial charge in [0.25, 0.3) is 0 Å². The molecule has 1 aliphatic rings. The molecule has 7 nitrogen and oxygen atoms in total. The predicted octanol–water partition coefficient (Wildman–Crippen LogP) is 4.55. The number of nitrogens with zero attached hydrogens (tertiary/aromatic N) is 2. The molecule has 0 fully saturated rings. The van der Waals surface area contributed by atoms with Gasteiger partial charge in [0.2, 0.25) is 0 Å². The first kappa shape index (κ1) is 19.1. The van der Waals surface area contributed by atoms with Gasteiger partial charge in [0.1, 0.15) is 18.7 Å². The van der Waals surface area contributed by atoms with Crippen molar-refractivity contribution < 1.29 is 19.3 Å². The summed E-state index contributed by atoms with van der Waals surface area (Å²) < 4.78 is 36.2. The molecule has 3 aromatic heterocycles. The first-order chi connectivity index (χ1) is 14.4. The van der Waals surface area contributed by atoms with Gasteiger partial charge in [-0.05, 0) is 26.0 Å². The highest BCUT2D eigenvalue weighted by atomic mass is 32.2. The van der Waals surface area contributed by atoms with Crippen molar-refractivity contribution >= 4 is 32.3 Å². The third kappa shape index (κ3) is 3.05. The van der Waals surface area contributed by atoms with Crippen molar-refractivity contribution in [3.05, 3.63) is 42.0 Å². The molecule has 0 atom stereocenters. The van der Waals surface area contributed by atoms with Crippen molar-refractivity contribution in [2.75, 3.05) is 13.2 Å². The molecule has 0 radical (unpaired) electrons. The number of aromatic amines is 1. The minimum absolute atomic E-state index is 0. The fraction of sp³-hybridized carbons (Fsp3) is 0.238. The number of hydrogen-bond donors (Lipinski definition) is 1. The van der Waals surface area contributed by atoms with E-state index in [4.69, 9.17) is 14.5 Å². The standard InChI is InChI=1S/C21H19N3O4S2.H2/c1-12(2)30(25,26)14-5-3-13(4-6-14)16-10-23-21-18(24-16)15(9-22-21)20-19-17(11-29-20)27-7-8-28-19;/h3-6,9-12H,7-8H2,1-2H3,(H,22,23);1H. The molecule has 1 aromatic carbocycles. The van der Waals surface area contributed by atoms with Gasteiger partial charge in [0, 0.05) is 24.1 Å². The van der Waals surface area contributed by atoms with Crippen molar-refractivity contribution in [3.63, 3.8) is 0 Å². The lowest BCUT2D eigenvalue weighted by Gasteiger charge is -2.15. The lowest BCUT2D eigenvalue weighted by atomic mass is 10.1. The fourth-order valence-corrected chi connectivity index (χ4v) is 5.35. The zero-order valence-electron chi connectivity index (χ0n) is 16.4. The second kappa shape index (κ2) is 7.10. The van der Waals surface area contributed by atoms with Gasteiger partial charge < -0.3 is 14.5 Å². The van der Waals surface area contributed by atoms with Crippen LogP contribution in [0.1, 0.15) is 15.3 Å². The quantitative estimate of drug-likeness (QED) is 0.497. The first-order valence-corrected chi connectivity index (χ1v) is 11.9. The van der Waals surface area contributed by atoms with Crippen molar-refractivity contribution in [2.24, 2.45) is 0 Å². The smallest absolute Gasteiger partial charge is 0.180 e. The van der Waals surface area contributed by atoms with E-state index in [-0.39, 0.29) is 1.43 Å². The highest BCUT2D eigenvalue weighted by Gasteiger charge is 2.23. The van der Waals surface area contributed by atoms with E-state index in [9.17, 15) is 8.42 Å². The molecule has 156 valence electrons. The van der Waals surface area contributed by atoms with E-state index in [1.54, 1.807) is 55.6 Å². The molecule has 9 heteroatoms. The number of rotatable bonds is 4. The van der Waals surface area contributed by atoms with Crippen LogP contribution in [0.3, 0.4) is 0 Å². The SMILES string of the molecule is CC(C)S(=O)(=O)c1ccc(-c2cnc3[nH]cc(-c4scc5c4OCCO5)c3n2)cc1.[HH]. The third-order valence-corrected chi connectivity index (χ3v) is 8.17. The van der Waals surface area contributed by atoms with Gasteiger partial charge >= 0.3 is 0 Å². The third-order valence-electron chi connectivity index (χ3n) is 5.03. The number of nitrogens with one attached hydrogen (secondary N) is 1. The Morgan fingerprint density at radius 2 is 1.93 bits per heavy atom. The Bertz CT molecular complexity index is 1340. The van der Waals surface area contributed by atoms with Crippen LogP contribution in [0, 0.1) is 0 Å². The average Bonchev–Trinajstić information content (AvgIpc) is 3.37. The second-order valence-electron chi connectivity index (χ2n) is 7.23. The molecule has 0 saturated heterocycles. The average molecular weight is 444 g/mol. The summed E-state index contributed by atoms with van der Waals surface area (Å²) in [6.07, 6.45) is 3.55. The molecule has 0 amide bonds. The van der Waals surface area contributed by atoms with E-state index in [1.165, 1.54) is 0 Å². The highest BCUT2D eigenvalue weighted by molar-refractivity contribution is 7.92. The zero-order chi connectivity index (χ0) is 20.9. The molecule has 0 saturated carbocycles. The Morgan fingerprint density at radius 3 is 2.70 bits per heavy atom. The summed E-state index contributed by atoms with van der Waals surface area (Å²) in [5.41, 5.74) is 3.76. The largest absolute Gasteiger partial charge is 0.485 e. The number of fused-ring (bicyclic) bond motifs is 2. The number of H-pyrrole nitrogens is 1. The molecule has 0 bridgehead atoms. The molecule has 30 heavy (non-hydrogen) atoms. The predicted molar refractivity (Wildman–Crippen MR) is 118 cm³/mol. The summed E-state index contributed by atoms with van der Waals surface area (Å²) in [4.78, 5) is 13.7. The van der Waals surface area contributed by atoms with Gasteiger partial charge in [0.15, 0.2) is 27.0 Å². The molecule has 1 N–H and O–H groups in total. The van der Waals surface area contributed by atoms with Crippen molar-refractivity contribution in [3.8, 4) is 33.2 Å². The summed E-state index contributed by atoms with van der Waals surface area (Å²) in [5.74, 6) is 1.49. The number of thiophene rings is 1. The Hall–Kier alpha value is -2.91. The van der Waals surface area contributed by atoms with Crippen LogP contribution < -0.4 is 9.47 Å². The number of aromatic nitrogens is 3. The maximum Gasteiger partial charge on any atom is 0.180 e. The molecule has 1 aliphatic heterocycles. The maximum atomic E-state index is 12.4. The van der Waals surface area contributed by atoms with Crippen molar-refractivity contribution in [1.29, 1.82) is 0 Å². The number of benzene rings is 1. The molecular formula is C21H21N3O4S2. The monoisotopic (exact) mass is 443 g/mol. The minimum atomic E-state index is -3.31. The number of sulfone groups is 1. The second-order valence-corrected chi connectivity index (χ2v) is 10.6. The zero-order valence-corrected chi connectivity index (χ0v) is 18.0. The summed E-state index contributed by atoms with van der Waals surface area (Å²) in [6.45, 7) is 4.41. The van der Waals surface area contributed by atoms with Crippen LogP contribution in [0.4, 0.5) is 0 Å². The Balaban J connectivity index is 0.00000231. The molecule has 4 aromatic rings. The summed E-state index contributed by atoms with van der Waals surface area (Å²) in [6, 6.07) is 6.77. The van der Waals surface area contributed by atoms with Gasteiger partial charge in [-0.25, -0.2) is 18.4 Å². The molecule has 0 spiro atoms. The topological polar surface area (TPSA) is 94.2 Å². The summed E-state index contributed by atoms with van der Waals surface area (Å²) in [5, 5.41) is 1.47. The van der Waals surface area contributed by atoms with Gasteiger partial charge in [-0.1, -0.05) is 12.1 Å². The van der Waals surface area contributed by atoms with Gasteiger partial charge in [-0.3, -0.25) is 0 Å². The number of ether oxygens (including phenoxy) is 2. The van der Waals surface area contributed by atoms with E-state index < -0.39 is 15.1 Å². The van der Waals surface area contributed by atoms with Crippen LogP contribution in [-0.4, -0.2) is 41.8 Å². The molecule has 4 heterocycles. The molecular weight excluding hydrogens is 422 g/mol. The van der Waals surface area contributed by atoms with Crippen molar-refractivity contribution in [1.82, 2.24) is 15.0 Å². The van der Waals surface area contributed by atoms with Gasteiger partial charge in [-0.2, -0.15) is 0 Å². The van der Waals surface area contributed by atoms with Crippen molar-refractivity contribution in [2.45, 2.75) is 24.0 Å². The lowest BCUT2D eigenvalue weighted by molar-refractivity contribution is 0.174. The molecule has 0 unspecified atom stereocenters. The van der Waals surface area contributed by atoms with Crippen LogP contribution in [0.25, 0.3) is 32.9 Å². The van der Waals surface area contributed by atoms with E-state index in [0.717, 1.165) is 33.0 Å². The number of hydrogen-bond acceptors (Lipinski definition) is 7. The van der Waals surface area contributed by atoms with Crippen LogP contribution in [0.5, 0.6) is 11.5 Å². The van der Waals surface area contributed by atoms with Gasteiger partial charge in [-0.15, -0.1) is 11.3 Å². The Kier molecular flexibility index (Phi) is 4.52. The van der Waals surface area contributed by atoms with Crippen LogP contribution >= 0.6 is 11.3 Å². The van der Waals surface area contributed by atoms with Crippen LogP contribution in [0.15, 0.2) is 46.9 Å². The summed E-state index contributed by atoms with van der Waals surface area (Å²) >= 11 is 1.54. The molecule has 5 rings (SSSR count).